The van der Waals surface area contributed by atoms with E-state index in [9.17, 15) is 14.4 Å². The van der Waals surface area contributed by atoms with Crippen molar-refractivity contribution in [3.63, 3.8) is 0 Å². The molecule has 3 aromatic rings. The molecule has 0 unspecified atom stereocenters. The number of rotatable bonds is 9. The van der Waals surface area contributed by atoms with Crippen LogP contribution >= 0.6 is 0 Å². The van der Waals surface area contributed by atoms with Gasteiger partial charge in [0, 0.05) is 24.6 Å². The highest BCUT2D eigenvalue weighted by atomic mass is 16.5. The summed E-state index contributed by atoms with van der Waals surface area (Å²) in [6, 6.07) is 15.0. The lowest BCUT2D eigenvalue weighted by molar-refractivity contribution is -0.116. The highest BCUT2D eigenvalue weighted by Gasteiger charge is 2.13. The minimum Gasteiger partial charge on any atom is -0.493 e. The van der Waals surface area contributed by atoms with E-state index in [1.165, 1.54) is 17.9 Å². The largest absolute Gasteiger partial charge is 0.493 e. The van der Waals surface area contributed by atoms with E-state index < -0.39 is 5.97 Å². The van der Waals surface area contributed by atoms with E-state index in [1.807, 2.05) is 6.07 Å². The molecule has 0 aliphatic heterocycles. The number of aromatic nitrogens is 2. The Morgan fingerprint density at radius 3 is 2.45 bits per heavy atom. The van der Waals surface area contributed by atoms with Crippen LogP contribution in [0, 0.1) is 0 Å². The molecule has 0 atom stereocenters. The van der Waals surface area contributed by atoms with Gasteiger partial charge >= 0.3 is 5.97 Å². The van der Waals surface area contributed by atoms with Gasteiger partial charge in [0.25, 0.3) is 5.56 Å². The number of para-hydroxylation sites is 1. The second-order valence-electron chi connectivity index (χ2n) is 7.04. The first-order valence-electron chi connectivity index (χ1n) is 10.2. The summed E-state index contributed by atoms with van der Waals surface area (Å²) in [5.41, 5.74) is 1.73. The van der Waals surface area contributed by atoms with Crippen molar-refractivity contribution < 1.29 is 23.8 Å². The standard InChI is InChI=1S/C24H25N3O6/c1-31-20-12-10-16(15-21(20)32-2)18-11-13-23(29)27(26-18)14-6-9-22(28)25-19-8-5-4-7-17(19)24(30)33-3/h4-5,7-8,10-13,15H,6,9,14H2,1-3H3,(H,25,28). The summed E-state index contributed by atoms with van der Waals surface area (Å²) in [4.78, 5) is 36.5. The number of methoxy groups -OCH3 is 3. The maximum Gasteiger partial charge on any atom is 0.339 e. The van der Waals surface area contributed by atoms with Crippen molar-refractivity contribution in [2.24, 2.45) is 0 Å². The first kappa shape index (κ1) is 23.5. The Morgan fingerprint density at radius 2 is 1.73 bits per heavy atom. The number of amides is 1. The summed E-state index contributed by atoms with van der Waals surface area (Å²) >= 11 is 0. The average Bonchev–Trinajstić information content (AvgIpc) is 2.84. The molecule has 0 aliphatic carbocycles. The molecule has 1 heterocycles. The summed E-state index contributed by atoms with van der Waals surface area (Å²) in [7, 11) is 4.38. The lowest BCUT2D eigenvalue weighted by Gasteiger charge is -2.11. The van der Waals surface area contributed by atoms with Crippen LogP contribution in [0.4, 0.5) is 5.69 Å². The molecule has 0 spiro atoms. The molecule has 2 aromatic carbocycles. The normalized spacial score (nSPS) is 10.4. The topological polar surface area (TPSA) is 109 Å². The molecular weight excluding hydrogens is 426 g/mol. The molecule has 1 N–H and O–H groups in total. The lowest BCUT2D eigenvalue weighted by Crippen LogP contribution is -2.23. The number of ether oxygens (including phenoxy) is 3. The van der Waals surface area contributed by atoms with Crippen molar-refractivity contribution in [1.82, 2.24) is 9.78 Å². The number of carbonyl (C=O) groups is 2. The zero-order valence-electron chi connectivity index (χ0n) is 18.7. The molecule has 0 saturated carbocycles. The number of esters is 1. The van der Waals surface area contributed by atoms with Crippen molar-refractivity contribution >= 4 is 17.6 Å². The molecule has 33 heavy (non-hydrogen) atoms. The Hall–Kier alpha value is -4.14. The van der Waals surface area contributed by atoms with E-state index in [0.29, 0.717) is 29.3 Å². The summed E-state index contributed by atoms with van der Waals surface area (Å²) in [6.45, 7) is 0.256. The SMILES string of the molecule is COC(=O)c1ccccc1NC(=O)CCCn1nc(-c2ccc(OC)c(OC)c2)ccc1=O. The van der Waals surface area contributed by atoms with Crippen molar-refractivity contribution in [2.45, 2.75) is 19.4 Å². The van der Waals surface area contributed by atoms with Crippen LogP contribution in [0.5, 0.6) is 11.5 Å². The van der Waals surface area contributed by atoms with Gasteiger partial charge in [0.05, 0.1) is 38.3 Å². The van der Waals surface area contributed by atoms with Crippen LogP contribution in [-0.2, 0) is 16.1 Å². The Bertz CT molecular complexity index is 1200. The maximum atomic E-state index is 12.4. The number of benzene rings is 2. The Kier molecular flexibility index (Phi) is 7.80. The van der Waals surface area contributed by atoms with Crippen LogP contribution in [0.2, 0.25) is 0 Å². The van der Waals surface area contributed by atoms with Crippen LogP contribution in [0.15, 0.2) is 59.4 Å². The van der Waals surface area contributed by atoms with E-state index in [1.54, 1.807) is 56.7 Å². The third kappa shape index (κ3) is 5.76. The lowest BCUT2D eigenvalue weighted by atomic mass is 10.1. The van der Waals surface area contributed by atoms with Gasteiger partial charge in [-0.05, 0) is 42.8 Å². The molecule has 1 aromatic heterocycles. The van der Waals surface area contributed by atoms with Crippen LogP contribution in [-0.4, -0.2) is 43.0 Å². The van der Waals surface area contributed by atoms with Gasteiger partial charge in [0.15, 0.2) is 11.5 Å². The smallest absolute Gasteiger partial charge is 0.339 e. The monoisotopic (exact) mass is 451 g/mol. The fraction of sp³-hybridized carbons (Fsp3) is 0.250. The predicted molar refractivity (Wildman–Crippen MR) is 123 cm³/mol. The third-order valence-corrected chi connectivity index (χ3v) is 4.93. The molecule has 9 nitrogen and oxygen atoms in total. The highest BCUT2D eigenvalue weighted by Crippen LogP contribution is 2.31. The molecular formula is C24H25N3O6. The van der Waals surface area contributed by atoms with Gasteiger partial charge in [0.1, 0.15) is 0 Å². The van der Waals surface area contributed by atoms with E-state index in [2.05, 4.69) is 10.4 Å². The van der Waals surface area contributed by atoms with Gasteiger partial charge in [-0.3, -0.25) is 9.59 Å². The number of anilines is 1. The number of hydrogen-bond acceptors (Lipinski definition) is 7. The van der Waals surface area contributed by atoms with Crippen molar-refractivity contribution in [3.05, 3.63) is 70.5 Å². The van der Waals surface area contributed by atoms with E-state index in [4.69, 9.17) is 14.2 Å². The average molecular weight is 451 g/mol. The number of aryl methyl sites for hydroxylation is 1. The van der Waals surface area contributed by atoms with Gasteiger partial charge < -0.3 is 19.5 Å². The summed E-state index contributed by atoms with van der Waals surface area (Å²) in [5, 5.41) is 7.13. The molecule has 0 saturated heterocycles. The first-order chi connectivity index (χ1) is 16.0. The van der Waals surface area contributed by atoms with Crippen LogP contribution in [0.1, 0.15) is 23.2 Å². The maximum absolute atomic E-state index is 12.4. The number of nitrogens with zero attached hydrogens (tertiary/aromatic N) is 2. The molecule has 1 amide bonds. The van der Waals surface area contributed by atoms with Crippen molar-refractivity contribution in [1.29, 1.82) is 0 Å². The minimum absolute atomic E-state index is 0.143. The third-order valence-electron chi connectivity index (χ3n) is 4.93. The van der Waals surface area contributed by atoms with Gasteiger partial charge in [-0.1, -0.05) is 12.1 Å². The molecule has 0 fully saturated rings. The summed E-state index contributed by atoms with van der Waals surface area (Å²) < 4.78 is 16.6. The van der Waals surface area contributed by atoms with Crippen molar-refractivity contribution in [2.75, 3.05) is 26.6 Å². The van der Waals surface area contributed by atoms with E-state index in [0.717, 1.165) is 5.56 Å². The predicted octanol–water partition coefficient (Wildman–Crippen LogP) is 3.13. The second kappa shape index (κ2) is 10.9. The van der Waals surface area contributed by atoms with E-state index in [-0.39, 0.29) is 30.0 Å². The Morgan fingerprint density at radius 1 is 0.970 bits per heavy atom. The molecule has 9 heteroatoms. The first-order valence-corrected chi connectivity index (χ1v) is 10.2. The van der Waals surface area contributed by atoms with E-state index >= 15 is 0 Å². The molecule has 0 bridgehead atoms. The van der Waals surface area contributed by atoms with Crippen LogP contribution in [0.3, 0.4) is 0 Å². The quantitative estimate of drug-likeness (QED) is 0.498. The zero-order chi connectivity index (χ0) is 23.8. The second-order valence-corrected chi connectivity index (χ2v) is 7.04. The summed E-state index contributed by atoms with van der Waals surface area (Å²) in [5.74, 6) is 0.330. The van der Waals surface area contributed by atoms with Crippen molar-refractivity contribution in [3.8, 4) is 22.8 Å². The minimum atomic E-state index is -0.534. The fourth-order valence-electron chi connectivity index (χ4n) is 3.24. The van der Waals surface area contributed by atoms with Gasteiger partial charge in [-0.2, -0.15) is 5.10 Å². The van der Waals surface area contributed by atoms with Crippen LogP contribution < -0.4 is 20.3 Å². The molecule has 0 aliphatic rings. The number of carbonyl (C=O) groups excluding carboxylic acids is 2. The van der Waals surface area contributed by atoms with Gasteiger partial charge in [-0.25, -0.2) is 9.48 Å². The zero-order valence-corrected chi connectivity index (χ0v) is 18.7. The highest BCUT2D eigenvalue weighted by molar-refractivity contribution is 6.01. The summed E-state index contributed by atoms with van der Waals surface area (Å²) in [6.07, 6.45) is 0.527. The fourth-order valence-corrected chi connectivity index (χ4v) is 3.24. The van der Waals surface area contributed by atoms with Crippen LogP contribution in [0.25, 0.3) is 11.3 Å². The molecule has 172 valence electrons. The Labute approximate surface area is 190 Å². The molecule has 0 radical (unpaired) electrons. The number of nitrogens with one attached hydrogen (secondary N) is 1. The van der Waals surface area contributed by atoms with Gasteiger partial charge in [-0.15, -0.1) is 0 Å². The molecule has 3 rings (SSSR count). The van der Waals surface area contributed by atoms with Gasteiger partial charge in [0.2, 0.25) is 5.91 Å². The number of hydrogen-bond donors (Lipinski definition) is 1. The Balaban J connectivity index is 1.66.